The Morgan fingerprint density at radius 2 is 1.57 bits per heavy atom. The highest BCUT2D eigenvalue weighted by Gasteiger charge is 2.52. The van der Waals surface area contributed by atoms with Crippen LogP contribution in [-0.4, -0.2) is 154 Å². The fourth-order valence-electron chi connectivity index (χ4n) is 8.36. The van der Waals surface area contributed by atoms with Crippen molar-refractivity contribution in [1.29, 1.82) is 0 Å². The van der Waals surface area contributed by atoms with Crippen LogP contribution in [0.15, 0.2) is 0 Å². The Morgan fingerprint density at radius 1 is 0.941 bits per heavy atom. The second-order valence-electron chi connectivity index (χ2n) is 16.7. The molecule has 3 fully saturated rings. The van der Waals surface area contributed by atoms with Gasteiger partial charge >= 0.3 is 5.97 Å². The molecule has 51 heavy (non-hydrogen) atoms. The number of hydrogen-bond donors (Lipinski definition) is 6. The van der Waals surface area contributed by atoms with Gasteiger partial charge in [-0.1, -0.05) is 20.8 Å². The van der Waals surface area contributed by atoms with Crippen LogP contribution >= 0.6 is 0 Å². The van der Waals surface area contributed by atoms with Crippen molar-refractivity contribution in [1.82, 2.24) is 10.2 Å². The molecule has 300 valence electrons. The summed E-state index contributed by atoms with van der Waals surface area (Å²) in [5.41, 5.74) is -4.37. The van der Waals surface area contributed by atoms with Crippen molar-refractivity contribution >= 4 is 5.97 Å². The van der Waals surface area contributed by atoms with Crippen molar-refractivity contribution in [2.45, 2.75) is 185 Å². The molecule has 3 rings (SSSR count). The zero-order valence-corrected chi connectivity index (χ0v) is 33.2. The van der Waals surface area contributed by atoms with E-state index in [4.69, 9.17) is 28.4 Å². The third-order valence-electron chi connectivity index (χ3n) is 11.7. The fraction of sp³-hybridized carbons (Fsp3) is 0.973. The maximum atomic E-state index is 14.1. The standard InChI is InChI=1S/C37H70N2O12/c1-14-26-37(10,45)30(41)23(6)38-18-19(2)16-35(8,44)32(51-34-28(40)25(39(11)12)15-20(3)47-34)21(4)29(22(5)33(43)49-26)50-27-17-36(9,46-13)31(42)24(7)48-27/h19-32,34,38,40-42,44-45H,14-18H2,1-13H3/t19-,20-,21+,22-,23-,24+,25+,26-,27+,28+,29+,30+,31+,32-,34+,35-,36-,37-/m1/s1. The lowest BCUT2D eigenvalue weighted by Crippen LogP contribution is -2.60. The summed E-state index contributed by atoms with van der Waals surface area (Å²) in [6.45, 7) is 17.8. The first-order valence-corrected chi connectivity index (χ1v) is 18.8. The number of hydrogen-bond acceptors (Lipinski definition) is 14. The zero-order chi connectivity index (χ0) is 38.8. The fourth-order valence-corrected chi connectivity index (χ4v) is 8.36. The molecule has 0 aromatic heterocycles. The molecular weight excluding hydrogens is 664 g/mol. The van der Waals surface area contributed by atoms with E-state index < -0.39 is 96.0 Å². The second-order valence-corrected chi connectivity index (χ2v) is 16.7. The number of esters is 1. The molecule has 0 spiro atoms. The third-order valence-corrected chi connectivity index (χ3v) is 11.7. The number of aliphatic hydroxyl groups is 5. The van der Waals surface area contributed by atoms with E-state index >= 15 is 0 Å². The van der Waals surface area contributed by atoms with Gasteiger partial charge in [0.05, 0.1) is 41.5 Å². The SMILES string of the molecule is CC[C@H]1OC(=O)[C@H](C)[C@@H](O[C@H]2C[C@@](C)(OC)[C@@H](O)[C@H](C)O2)[C@H](C)[C@@H](O[C@@H]2O[C@H](C)C[C@H](N(C)C)[C@@H]2O)[C@](C)(O)C[C@@H](C)CN[C@H](C)[C@H](O)[C@]1(C)O. The Morgan fingerprint density at radius 3 is 2.14 bits per heavy atom. The van der Waals surface area contributed by atoms with E-state index in [1.54, 1.807) is 41.5 Å². The van der Waals surface area contributed by atoms with Gasteiger partial charge in [0.1, 0.15) is 30.0 Å². The predicted molar refractivity (Wildman–Crippen MR) is 190 cm³/mol. The van der Waals surface area contributed by atoms with Crippen LogP contribution in [0.5, 0.6) is 0 Å². The predicted octanol–water partition coefficient (Wildman–Crippen LogP) is 1.56. The van der Waals surface area contributed by atoms with Crippen LogP contribution in [0.1, 0.15) is 94.9 Å². The Hall–Kier alpha value is -1.01. The van der Waals surface area contributed by atoms with Crippen LogP contribution in [0, 0.1) is 17.8 Å². The van der Waals surface area contributed by atoms with Gasteiger partial charge in [0.15, 0.2) is 12.6 Å². The first-order valence-electron chi connectivity index (χ1n) is 18.8. The minimum atomic E-state index is -1.80. The van der Waals surface area contributed by atoms with Gasteiger partial charge in [0, 0.05) is 31.5 Å². The average Bonchev–Trinajstić information content (AvgIpc) is 3.05. The summed E-state index contributed by atoms with van der Waals surface area (Å²) < 4.78 is 37.4. The Labute approximate surface area is 305 Å². The number of carbonyl (C=O) groups is 1. The van der Waals surface area contributed by atoms with Crippen LogP contribution in [0.4, 0.5) is 0 Å². The lowest BCUT2D eigenvalue weighted by Gasteiger charge is -2.48. The highest BCUT2D eigenvalue weighted by Crippen LogP contribution is 2.40. The maximum Gasteiger partial charge on any atom is 0.311 e. The monoisotopic (exact) mass is 734 g/mol. The van der Waals surface area contributed by atoms with E-state index in [1.807, 2.05) is 39.8 Å². The van der Waals surface area contributed by atoms with Gasteiger partial charge in [-0.05, 0) is 94.3 Å². The van der Waals surface area contributed by atoms with Crippen molar-refractivity contribution in [3.63, 3.8) is 0 Å². The zero-order valence-electron chi connectivity index (χ0n) is 33.2. The molecule has 3 saturated heterocycles. The number of ether oxygens (including phenoxy) is 6. The first-order chi connectivity index (χ1) is 23.5. The maximum absolute atomic E-state index is 14.1. The third kappa shape index (κ3) is 10.2. The highest BCUT2D eigenvalue weighted by molar-refractivity contribution is 5.73. The van der Waals surface area contributed by atoms with Crippen LogP contribution in [-0.2, 0) is 33.2 Å². The van der Waals surface area contributed by atoms with Crippen LogP contribution in [0.2, 0.25) is 0 Å². The molecule has 14 nitrogen and oxygen atoms in total. The summed E-state index contributed by atoms with van der Waals surface area (Å²) in [6, 6.07) is -0.858. The van der Waals surface area contributed by atoms with Gasteiger partial charge < -0.3 is 64.2 Å². The molecule has 3 heterocycles. The largest absolute Gasteiger partial charge is 0.459 e. The molecule has 0 radical (unpaired) electrons. The molecule has 0 bridgehead atoms. The number of nitrogens with zero attached hydrogens (tertiary/aromatic N) is 1. The molecule has 0 aliphatic carbocycles. The molecule has 18 atom stereocenters. The Kier molecular flexibility index (Phi) is 15.3. The van der Waals surface area contributed by atoms with Crippen LogP contribution in [0.3, 0.4) is 0 Å². The summed E-state index contributed by atoms with van der Waals surface area (Å²) in [4.78, 5) is 16.1. The normalized spacial score (nSPS) is 49.9. The molecule has 0 amide bonds. The second kappa shape index (κ2) is 17.6. The molecule has 3 aliphatic rings. The Balaban J connectivity index is 2.15. The van der Waals surface area contributed by atoms with E-state index in [1.165, 1.54) is 14.0 Å². The summed E-state index contributed by atoms with van der Waals surface area (Å²) in [6.07, 6.45) is -8.22. The highest BCUT2D eigenvalue weighted by atomic mass is 16.7. The van der Waals surface area contributed by atoms with E-state index in [-0.39, 0.29) is 37.3 Å². The molecule has 0 aromatic rings. The molecule has 14 heteroatoms. The topological polar surface area (TPSA) is 189 Å². The van der Waals surface area contributed by atoms with Crippen molar-refractivity contribution in [2.24, 2.45) is 17.8 Å². The molecule has 0 aromatic carbocycles. The quantitative estimate of drug-likeness (QED) is 0.207. The molecule has 3 aliphatic heterocycles. The number of methoxy groups -OCH3 is 1. The first kappa shape index (κ1) is 44.4. The average molecular weight is 735 g/mol. The van der Waals surface area contributed by atoms with E-state index in [9.17, 15) is 30.3 Å². The summed E-state index contributed by atoms with van der Waals surface area (Å²) in [5, 5.41) is 60.9. The van der Waals surface area contributed by atoms with Gasteiger partial charge in [-0.3, -0.25) is 4.79 Å². The van der Waals surface area contributed by atoms with E-state index in [0.29, 0.717) is 13.0 Å². The van der Waals surface area contributed by atoms with Crippen molar-refractivity contribution < 1.29 is 58.7 Å². The van der Waals surface area contributed by atoms with Gasteiger partial charge in [-0.25, -0.2) is 0 Å². The van der Waals surface area contributed by atoms with Crippen LogP contribution < -0.4 is 5.32 Å². The number of likely N-dealkylation sites (N-methyl/N-ethyl adjacent to an activating group) is 1. The number of rotatable bonds is 7. The lowest BCUT2D eigenvalue weighted by molar-refractivity contribution is -0.318. The summed E-state index contributed by atoms with van der Waals surface area (Å²) in [7, 11) is 5.27. The summed E-state index contributed by atoms with van der Waals surface area (Å²) >= 11 is 0. The van der Waals surface area contributed by atoms with Crippen LogP contribution in [0.25, 0.3) is 0 Å². The minimum absolute atomic E-state index is 0.132. The van der Waals surface area contributed by atoms with E-state index in [0.717, 1.165) is 0 Å². The molecule has 0 unspecified atom stereocenters. The van der Waals surface area contributed by atoms with Crippen molar-refractivity contribution in [3.8, 4) is 0 Å². The van der Waals surface area contributed by atoms with Crippen molar-refractivity contribution in [3.05, 3.63) is 0 Å². The summed E-state index contributed by atoms with van der Waals surface area (Å²) in [5.74, 6) is -2.60. The smallest absolute Gasteiger partial charge is 0.311 e. The number of carbonyl (C=O) groups excluding carboxylic acids is 1. The van der Waals surface area contributed by atoms with Gasteiger partial charge in [0.25, 0.3) is 0 Å². The van der Waals surface area contributed by atoms with Gasteiger partial charge in [-0.15, -0.1) is 0 Å². The van der Waals surface area contributed by atoms with E-state index in [2.05, 4.69) is 5.32 Å². The van der Waals surface area contributed by atoms with Gasteiger partial charge in [-0.2, -0.15) is 0 Å². The number of nitrogens with one attached hydrogen (secondary N) is 1. The Bertz CT molecular complexity index is 1110. The lowest BCUT2D eigenvalue weighted by atomic mass is 9.77. The number of aliphatic hydroxyl groups excluding tert-OH is 3. The minimum Gasteiger partial charge on any atom is -0.459 e. The number of cyclic esters (lactones) is 1. The van der Waals surface area contributed by atoms with Crippen molar-refractivity contribution in [2.75, 3.05) is 27.7 Å². The molecule has 6 N–H and O–H groups in total. The molecule has 0 saturated carbocycles. The van der Waals surface area contributed by atoms with Gasteiger partial charge in [0.2, 0.25) is 0 Å². The molecular formula is C37H70N2O12.